The van der Waals surface area contributed by atoms with Crippen molar-refractivity contribution in [2.45, 2.75) is 20.8 Å². The van der Waals surface area contributed by atoms with E-state index in [1.54, 1.807) is 0 Å². The maximum atomic E-state index is 12.0. The average molecular weight is 232 g/mol. The summed E-state index contributed by atoms with van der Waals surface area (Å²) in [5.74, 6) is 0.694. The lowest BCUT2D eigenvalue weighted by Crippen LogP contribution is -2.48. The molecule has 2 N–H and O–H groups in total. The van der Waals surface area contributed by atoms with Crippen molar-refractivity contribution in [3.8, 4) is 0 Å². The van der Waals surface area contributed by atoms with Crippen molar-refractivity contribution in [3.05, 3.63) is 29.3 Å². The summed E-state index contributed by atoms with van der Waals surface area (Å²) in [6.45, 7) is 8.05. The van der Waals surface area contributed by atoms with E-state index in [0.29, 0.717) is 5.92 Å². The number of anilines is 1. The van der Waals surface area contributed by atoms with Crippen LogP contribution in [0.15, 0.2) is 18.2 Å². The molecule has 0 aliphatic carbocycles. The van der Waals surface area contributed by atoms with Crippen LogP contribution in [0.2, 0.25) is 0 Å². The predicted molar refractivity (Wildman–Crippen MR) is 70.1 cm³/mol. The molecule has 1 aliphatic rings. The third-order valence-corrected chi connectivity index (χ3v) is 3.71. The monoisotopic (exact) mass is 232 g/mol. The first-order valence-electron chi connectivity index (χ1n) is 6.17. The van der Waals surface area contributed by atoms with Crippen molar-refractivity contribution in [1.29, 1.82) is 0 Å². The summed E-state index contributed by atoms with van der Waals surface area (Å²) < 4.78 is 0. The normalized spacial score (nSPS) is 17.4. The summed E-state index contributed by atoms with van der Waals surface area (Å²) in [5.41, 5.74) is 3.36. The second-order valence-corrected chi connectivity index (χ2v) is 5.00. The van der Waals surface area contributed by atoms with Crippen molar-refractivity contribution < 1.29 is 4.79 Å². The van der Waals surface area contributed by atoms with Crippen molar-refractivity contribution in [1.82, 2.24) is 5.32 Å². The summed E-state index contributed by atoms with van der Waals surface area (Å²) in [6, 6.07) is 6.03. The van der Waals surface area contributed by atoms with Crippen LogP contribution in [0.25, 0.3) is 0 Å². The fourth-order valence-electron chi connectivity index (χ4n) is 1.95. The molecule has 0 radical (unpaired) electrons. The van der Waals surface area contributed by atoms with Crippen molar-refractivity contribution in [3.63, 3.8) is 0 Å². The molecule has 1 atom stereocenters. The quantitative estimate of drug-likeness (QED) is 0.838. The van der Waals surface area contributed by atoms with E-state index < -0.39 is 0 Å². The van der Waals surface area contributed by atoms with E-state index in [2.05, 4.69) is 24.5 Å². The highest BCUT2D eigenvalue weighted by atomic mass is 16.1. The first-order chi connectivity index (χ1) is 8.08. The van der Waals surface area contributed by atoms with Gasteiger partial charge >= 0.3 is 0 Å². The molecule has 1 aromatic carbocycles. The molecular formula is C14H20N2O. The summed E-state index contributed by atoms with van der Waals surface area (Å²) in [6.07, 6.45) is 0. The van der Waals surface area contributed by atoms with Crippen molar-refractivity contribution in [2.24, 2.45) is 11.8 Å². The number of carbonyl (C=O) groups excluding carboxylic acids is 1. The number of hydrogen-bond acceptors (Lipinski definition) is 2. The Balaban J connectivity index is 1.99. The minimum atomic E-state index is 0.0814. The molecule has 1 saturated heterocycles. The highest BCUT2D eigenvalue weighted by Crippen LogP contribution is 2.19. The van der Waals surface area contributed by atoms with E-state index in [0.717, 1.165) is 18.8 Å². The Hall–Kier alpha value is -1.35. The minimum Gasteiger partial charge on any atom is -0.326 e. The van der Waals surface area contributed by atoms with Crippen LogP contribution in [0.3, 0.4) is 0 Å². The van der Waals surface area contributed by atoms with Gasteiger partial charge in [-0.25, -0.2) is 0 Å². The molecule has 3 heteroatoms. The average Bonchev–Trinajstić information content (AvgIpc) is 2.21. The van der Waals surface area contributed by atoms with E-state index in [1.165, 1.54) is 11.1 Å². The first kappa shape index (κ1) is 12.1. The zero-order valence-corrected chi connectivity index (χ0v) is 10.7. The number of amides is 1. The number of benzene rings is 1. The summed E-state index contributed by atoms with van der Waals surface area (Å²) in [5, 5.41) is 6.19. The van der Waals surface area contributed by atoms with Gasteiger partial charge in [0.15, 0.2) is 0 Å². The van der Waals surface area contributed by atoms with Crippen LogP contribution in [0.1, 0.15) is 18.1 Å². The number of rotatable bonds is 3. The lowest BCUT2D eigenvalue weighted by Gasteiger charge is -2.31. The molecule has 17 heavy (non-hydrogen) atoms. The van der Waals surface area contributed by atoms with Gasteiger partial charge in [0.1, 0.15) is 0 Å². The maximum absolute atomic E-state index is 12.0. The van der Waals surface area contributed by atoms with Crippen LogP contribution in [-0.2, 0) is 4.79 Å². The Bertz CT molecular complexity index is 424. The molecule has 3 nitrogen and oxygen atoms in total. The topological polar surface area (TPSA) is 41.1 Å². The molecule has 0 spiro atoms. The van der Waals surface area contributed by atoms with Gasteiger partial charge in [-0.2, -0.15) is 0 Å². The maximum Gasteiger partial charge on any atom is 0.227 e. The number of hydrogen-bond donors (Lipinski definition) is 2. The van der Waals surface area contributed by atoms with E-state index in [9.17, 15) is 4.79 Å². The van der Waals surface area contributed by atoms with Gasteiger partial charge in [-0.1, -0.05) is 13.0 Å². The molecule has 0 bridgehead atoms. The molecule has 0 aromatic heterocycles. The lowest BCUT2D eigenvalue weighted by atomic mass is 9.88. The molecule has 1 fully saturated rings. The Morgan fingerprint density at radius 2 is 2.06 bits per heavy atom. The van der Waals surface area contributed by atoms with Crippen molar-refractivity contribution in [2.75, 3.05) is 18.4 Å². The van der Waals surface area contributed by atoms with Gasteiger partial charge in [0.05, 0.1) is 0 Å². The molecule has 1 heterocycles. The number of aryl methyl sites for hydroxylation is 2. The van der Waals surface area contributed by atoms with E-state index >= 15 is 0 Å². The molecule has 0 saturated carbocycles. The number of carbonyl (C=O) groups is 1. The van der Waals surface area contributed by atoms with Gasteiger partial charge in [0, 0.05) is 11.6 Å². The first-order valence-corrected chi connectivity index (χ1v) is 6.17. The van der Waals surface area contributed by atoms with Gasteiger partial charge in [-0.3, -0.25) is 4.79 Å². The molecule has 92 valence electrons. The van der Waals surface area contributed by atoms with Crippen LogP contribution in [-0.4, -0.2) is 19.0 Å². The van der Waals surface area contributed by atoms with E-state index in [-0.39, 0.29) is 11.8 Å². The SMILES string of the molecule is Cc1ccc(NC(=O)C(C)C2CNC2)cc1C. The van der Waals surface area contributed by atoms with E-state index in [4.69, 9.17) is 0 Å². The van der Waals surface area contributed by atoms with Crippen LogP contribution in [0, 0.1) is 25.7 Å². The lowest BCUT2D eigenvalue weighted by molar-refractivity contribution is -0.121. The molecule has 2 rings (SSSR count). The molecule has 1 unspecified atom stereocenters. The third kappa shape index (κ3) is 2.67. The summed E-state index contributed by atoms with van der Waals surface area (Å²) in [7, 11) is 0. The van der Waals surface area contributed by atoms with Crippen molar-refractivity contribution >= 4 is 11.6 Å². The Labute approximate surface area is 103 Å². The standard InChI is InChI=1S/C14H20N2O/c1-9-4-5-13(6-10(9)2)16-14(17)11(3)12-7-15-8-12/h4-6,11-12,15H,7-8H2,1-3H3,(H,16,17). The largest absolute Gasteiger partial charge is 0.326 e. The zero-order chi connectivity index (χ0) is 12.4. The Morgan fingerprint density at radius 1 is 1.35 bits per heavy atom. The smallest absolute Gasteiger partial charge is 0.227 e. The molecule has 1 amide bonds. The van der Waals surface area contributed by atoms with Gasteiger partial charge in [0.2, 0.25) is 5.91 Å². The Morgan fingerprint density at radius 3 is 2.59 bits per heavy atom. The number of nitrogens with one attached hydrogen (secondary N) is 2. The van der Waals surface area contributed by atoms with Crippen LogP contribution in [0.4, 0.5) is 5.69 Å². The van der Waals surface area contributed by atoms with Gasteiger partial charge < -0.3 is 10.6 Å². The minimum absolute atomic E-state index is 0.0814. The zero-order valence-electron chi connectivity index (χ0n) is 10.7. The van der Waals surface area contributed by atoms with Crippen LogP contribution < -0.4 is 10.6 Å². The summed E-state index contributed by atoms with van der Waals surface area (Å²) >= 11 is 0. The second-order valence-electron chi connectivity index (χ2n) is 5.00. The molecular weight excluding hydrogens is 212 g/mol. The Kier molecular flexibility index (Phi) is 3.48. The van der Waals surface area contributed by atoms with Gasteiger partial charge in [-0.15, -0.1) is 0 Å². The third-order valence-electron chi connectivity index (χ3n) is 3.71. The fraction of sp³-hybridized carbons (Fsp3) is 0.500. The van der Waals surface area contributed by atoms with Gasteiger partial charge in [0.25, 0.3) is 0 Å². The van der Waals surface area contributed by atoms with Crippen LogP contribution >= 0.6 is 0 Å². The summed E-state index contributed by atoms with van der Waals surface area (Å²) in [4.78, 5) is 12.0. The highest BCUT2D eigenvalue weighted by molar-refractivity contribution is 5.92. The second kappa shape index (κ2) is 4.88. The predicted octanol–water partition coefficient (Wildman–Crippen LogP) is 2.10. The van der Waals surface area contributed by atoms with E-state index in [1.807, 2.05) is 25.1 Å². The molecule has 1 aliphatic heterocycles. The van der Waals surface area contributed by atoms with Gasteiger partial charge in [-0.05, 0) is 56.1 Å². The fourth-order valence-corrected chi connectivity index (χ4v) is 1.95. The molecule has 1 aromatic rings. The highest BCUT2D eigenvalue weighted by Gasteiger charge is 2.28. The van der Waals surface area contributed by atoms with Crippen LogP contribution in [0.5, 0.6) is 0 Å².